The number of nitriles is 1. The molecule has 6 nitrogen and oxygen atoms in total. The Labute approximate surface area is 111 Å². The van der Waals surface area contributed by atoms with Crippen LogP contribution in [0.2, 0.25) is 0 Å². The molecule has 1 aromatic heterocycles. The van der Waals surface area contributed by atoms with Gasteiger partial charge in [0, 0.05) is 13.2 Å². The van der Waals surface area contributed by atoms with Crippen LogP contribution in [0.4, 0.5) is 0 Å². The zero-order chi connectivity index (χ0) is 13.9. The molecular formula is C12H12N4O2S. The van der Waals surface area contributed by atoms with Crippen molar-refractivity contribution in [2.24, 2.45) is 7.05 Å². The van der Waals surface area contributed by atoms with E-state index in [4.69, 9.17) is 5.26 Å². The van der Waals surface area contributed by atoms with E-state index in [1.807, 2.05) is 6.07 Å². The van der Waals surface area contributed by atoms with Gasteiger partial charge < -0.3 is 4.57 Å². The second kappa shape index (κ2) is 5.22. The number of benzene rings is 1. The number of aryl methyl sites for hydroxylation is 1. The first kappa shape index (κ1) is 13.3. The molecule has 1 heterocycles. The maximum absolute atomic E-state index is 12.1. The van der Waals surface area contributed by atoms with Crippen molar-refractivity contribution in [2.45, 2.75) is 11.1 Å². The molecule has 1 N–H and O–H groups in total. The summed E-state index contributed by atoms with van der Waals surface area (Å²) >= 11 is 0. The summed E-state index contributed by atoms with van der Waals surface area (Å²) in [5.74, 6) is 0. The van der Waals surface area contributed by atoms with Gasteiger partial charge >= 0.3 is 0 Å². The minimum absolute atomic E-state index is 0.105. The molecule has 2 rings (SSSR count). The van der Waals surface area contributed by atoms with Gasteiger partial charge in [-0.25, -0.2) is 13.4 Å². The summed E-state index contributed by atoms with van der Waals surface area (Å²) in [7, 11) is -2.13. The van der Waals surface area contributed by atoms with E-state index in [9.17, 15) is 8.42 Å². The number of nitrogens with zero attached hydrogens (tertiary/aromatic N) is 3. The van der Waals surface area contributed by atoms with E-state index in [0.29, 0.717) is 5.56 Å². The van der Waals surface area contributed by atoms with Gasteiger partial charge in [0.2, 0.25) is 0 Å². The Morgan fingerprint density at radius 1 is 1.37 bits per heavy atom. The fourth-order valence-electron chi connectivity index (χ4n) is 1.56. The molecule has 0 aliphatic rings. The second-order valence-corrected chi connectivity index (χ2v) is 5.63. The predicted molar refractivity (Wildman–Crippen MR) is 68.3 cm³/mol. The smallest absolute Gasteiger partial charge is 0.261 e. The van der Waals surface area contributed by atoms with E-state index in [-0.39, 0.29) is 5.03 Å². The van der Waals surface area contributed by atoms with Crippen molar-refractivity contribution >= 4 is 10.0 Å². The van der Waals surface area contributed by atoms with E-state index < -0.39 is 16.1 Å². The molecule has 0 spiro atoms. The quantitative estimate of drug-likeness (QED) is 0.901. The topological polar surface area (TPSA) is 87.8 Å². The molecule has 19 heavy (non-hydrogen) atoms. The Bertz CT molecular complexity index is 701. The van der Waals surface area contributed by atoms with Crippen LogP contribution in [-0.2, 0) is 17.1 Å². The molecule has 0 bridgehead atoms. The Morgan fingerprint density at radius 3 is 2.58 bits per heavy atom. The summed E-state index contributed by atoms with van der Waals surface area (Å²) in [5.41, 5.74) is 0.588. The van der Waals surface area contributed by atoms with Crippen molar-refractivity contribution < 1.29 is 8.42 Å². The van der Waals surface area contributed by atoms with Gasteiger partial charge in [-0.05, 0) is 5.56 Å². The Balaban J connectivity index is 2.27. The first-order valence-electron chi connectivity index (χ1n) is 5.48. The van der Waals surface area contributed by atoms with Crippen molar-refractivity contribution in [3.05, 3.63) is 48.4 Å². The van der Waals surface area contributed by atoms with Crippen LogP contribution in [-0.4, -0.2) is 18.0 Å². The van der Waals surface area contributed by atoms with Gasteiger partial charge in [-0.2, -0.15) is 9.98 Å². The van der Waals surface area contributed by atoms with Gasteiger partial charge in [0.05, 0.1) is 12.4 Å². The third kappa shape index (κ3) is 2.99. The summed E-state index contributed by atoms with van der Waals surface area (Å²) in [6.07, 6.45) is 2.76. The number of aromatic nitrogens is 2. The summed E-state index contributed by atoms with van der Waals surface area (Å²) < 4.78 is 28.0. The summed E-state index contributed by atoms with van der Waals surface area (Å²) in [4.78, 5) is 3.77. The zero-order valence-electron chi connectivity index (χ0n) is 10.2. The second-order valence-electron chi connectivity index (χ2n) is 3.97. The van der Waals surface area contributed by atoms with Gasteiger partial charge in [-0.1, -0.05) is 30.3 Å². The highest BCUT2D eigenvalue weighted by molar-refractivity contribution is 7.89. The first-order chi connectivity index (χ1) is 9.03. The maximum Gasteiger partial charge on any atom is 0.261 e. The number of sulfonamides is 1. The number of rotatable bonds is 4. The highest BCUT2D eigenvalue weighted by Crippen LogP contribution is 2.15. The molecule has 1 atom stereocenters. The van der Waals surface area contributed by atoms with Gasteiger partial charge in [0.15, 0.2) is 5.03 Å². The van der Waals surface area contributed by atoms with Crippen LogP contribution in [0.3, 0.4) is 0 Å². The minimum atomic E-state index is -3.80. The van der Waals surface area contributed by atoms with Gasteiger partial charge in [-0.15, -0.1) is 0 Å². The average molecular weight is 276 g/mol. The number of imidazole rings is 1. The van der Waals surface area contributed by atoms with Crippen molar-refractivity contribution in [1.82, 2.24) is 14.3 Å². The maximum atomic E-state index is 12.1. The van der Waals surface area contributed by atoms with E-state index in [0.717, 1.165) is 0 Å². The fraction of sp³-hybridized carbons (Fsp3) is 0.167. The van der Waals surface area contributed by atoms with Crippen LogP contribution in [0.25, 0.3) is 0 Å². The zero-order valence-corrected chi connectivity index (χ0v) is 11.0. The molecule has 0 saturated heterocycles. The molecule has 1 aromatic carbocycles. The molecule has 98 valence electrons. The standard InChI is InChI=1S/C12H12N4O2S/c1-16-8-12(14-9-16)19(17,18)15-11(7-13)10-5-3-2-4-6-10/h2-6,8-9,11,15H,1H3. The Hall–Kier alpha value is -2.17. The highest BCUT2D eigenvalue weighted by atomic mass is 32.2. The normalized spacial score (nSPS) is 12.8. The Kier molecular flexibility index (Phi) is 3.64. The minimum Gasteiger partial charge on any atom is -0.339 e. The largest absolute Gasteiger partial charge is 0.339 e. The van der Waals surface area contributed by atoms with Crippen LogP contribution < -0.4 is 4.72 Å². The third-order valence-electron chi connectivity index (χ3n) is 2.49. The number of nitrogens with one attached hydrogen (secondary N) is 1. The monoisotopic (exact) mass is 276 g/mol. The number of hydrogen-bond donors (Lipinski definition) is 1. The van der Waals surface area contributed by atoms with Crippen LogP contribution in [0, 0.1) is 11.3 Å². The van der Waals surface area contributed by atoms with Crippen molar-refractivity contribution in [2.75, 3.05) is 0 Å². The lowest BCUT2D eigenvalue weighted by atomic mass is 10.1. The van der Waals surface area contributed by atoms with E-state index in [1.54, 1.807) is 37.4 Å². The van der Waals surface area contributed by atoms with Gasteiger partial charge in [-0.3, -0.25) is 0 Å². The van der Waals surface area contributed by atoms with Crippen LogP contribution in [0.5, 0.6) is 0 Å². The SMILES string of the molecule is Cn1cnc(S(=O)(=O)NC(C#N)c2ccccc2)c1. The van der Waals surface area contributed by atoms with Crippen molar-refractivity contribution in [3.63, 3.8) is 0 Å². The molecule has 1 unspecified atom stereocenters. The first-order valence-corrected chi connectivity index (χ1v) is 6.96. The fourth-order valence-corrected chi connectivity index (χ4v) is 2.67. The summed E-state index contributed by atoms with van der Waals surface area (Å²) in [6.45, 7) is 0. The van der Waals surface area contributed by atoms with E-state index in [2.05, 4.69) is 9.71 Å². The van der Waals surface area contributed by atoms with Crippen LogP contribution in [0.15, 0.2) is 47.9 Å². The summed E-state index contributed by atoms with van der Waals surface area (Å²) in [5, 5.41) is 8.99. The van der Waals surface area contributed by atoms with Crippen LogP contribution in [0.1, 0.15) is 11.6 Å². The van der Waals surface area contributed by atoms with Crippen molar-refractivity contribution in [3.8, 4) is 6.07 Å². The Morgan fingerprint density at radius 2 is 2.05 bits per heavy atom. The molecule has 0 aliphatic heterocycles. The average Bonchev–Trinajstić information content (AvgIpc) is 2.85. The molecule has 0 fully saturated rings. The lowest BCUT2D eigenvalue weighted by molar-refractivity contribution is 0.572. The van der Waals surface area contributed by atoms with Gasteiger partial charge in [0.1, 0.15) is 6.04 Å². The molecule has 0 saturated carbocycles. The summed E-state index contributed by atoms with van der Waals surface area (Å²) in [6, 6.07) is 9.65. The molecule has 0 aliphatic carbocycles. The molecule has 2 aromatic rings. The van der Waals surface area contributed by atoms with Crippen molar-refractivity contribution in [1.29, 1.82) is 5.26 Å². The lowest BCUT2D eigenvalue weighted by Crippen LogP contribution is -2.28. The molecular weight excluding hydrogens is 264 g/mol. The van der Waals surface area contributed by atoms with E-state index >= 15 is 0 Å². The van der Waals surface area contributed by atoms with Gasteiger partial charge in [0.25, 0.3) is 10.0 Å². The molecule has 0 amide bonds. The highest BCUT2D eigenvalue weighted by Gasteiger charge is 2.22. The third-order valence-corrected chi connectivity index (χ3v) is 3.80. The lowest BCUT2D eigenvalue weighted by Gasteiger charge is -2.10. The predicted octanol–water partition coefficient (Wildman–Crippen LogP) is 0.963. The van der Waals surface area contributed by atoms with E-state index in [1.165, 1.54) is 17.1 Å². The number of hydrogen-bond acceptors (Lipinski definition) is 4. The molecule has 0 radical (unpaired) electrons. The van der Waals surface area contributed by atoms with Crippen LogP contribution >= 0.6 is 0 Å². The molecule has 7 heteroatoms.